The molecule has 1 saturated heterocycles. The molecule has 5 heteroatoms. The lowest BCUT2D eigenvalue weighted by atomic mass is 9.94. The molecule has 0 amide bonds. The van der Waals surface area contributed by atoms with Crippen molar-refractivity contribution in [2.24, 2.45) is 5.92 Å². The molecule has 0 unspecified atom stereocenters. The molecule has 1 aliphatic heterocycles. The zero-order valence-corrected chi connectivity index (χ0v) is 11.3. The van der Waals surface area contributed by atoms with E-state index in [1.807, 2.05) is 16.0 Å². The van der Waals surface area contributed by atoms with Gasteiger partial charge in [0.15, 0.2) is 17.1 Å². The molecule has 0 atom stereocenters. The van der Waals surface area contributed by atoms with Crippen LogP contribution in [0.25, 0.3) is 4.96 Å². The summed E-state index contributed by atoms with van der Waals surface area (Å²) >= 11 is 1.57. The number of fused-ring (bicyclic) bond motifs is 1. The maximum Gasteiger partial charge on any atom is 0.196 e. The van der Waals surface area contributed by atoms with E-state index in [0.717, 1.165) is 36.1 Å². The van der Waals surface area contributed by atoms with E-state index in [-0.39, 0.29) is 0 Å². The van der Waals surface area contributed by atoms with Crippen LogP contribution in [0.3, 0.4) is 0 Å². The number of anilines is 1. The maximum absolute atomic E-state index is 11.3. The van der Waals surface area contributed by atoms with E-state index in [4.69, 9.17) is 0 Å². The molecule has 0 N–H and O–H groups in total. The van der Waals surface area contributed by atoms with E-state index in [9.17, 15) is 4.79 Å². The van der Waals surface area contributed by atoms with Crippen LogP contribution in [0, 0.1) is 5.92 Å². The molecule has 0 saturated carbocycles. The average molecular weight is 263 g/mol. The molecule has 0 radical (unpaired) electrons. The van der Waals surface area contributed by atoms with Crippen LogP contribution in [0.1, 0.15) is 36.7 Å². The van der Waals surface area contributed by atoms with E-state index in [1.165, 1.54) is 19.3 Å². The van der Waals surface area contributed by atoms with Gasteiger partial charge in [-0.3, -0.25) is 9.20 Å². The summed E-state index contributed by atoms with van der Waals surface area (Å²) in [4.78, 5) is 19.0. The minimum Gasteiger partial charge on any atom is -0.355 e. The number of aldehydes is 1. The van der Waals surface area contributed by atoms with Crippen molar-refractivity contribution in [1.29, 1.82) is 0 Å². The third-order valence-electron chi connectivity index (χ3n) is 3.88. The van der Waals surface area contributed by atoms with Crippen LogP contribution in [0.2, 0.25) is 0 Å². The molecule has 3 rings (SSSR count). The van der Waals surface area contributed by atoms with Crippen LogP contribution in [0.4, 0.5) is 5.82 Å². The summed E-state index contributed by atoms with van der Waals surface area (Å²) in [5.41, 5.74) is 0.696. The molecule has 2 aromatic heterocycles. The first-order chi connectivity index (χ1) is 8.83. The van der Waals surface area contributed by atoms with Crippen molar-refractivity contribution in [2.45, 2.75) is 26.2 Å². The summed E-state index contributed by atoms with van der Waals surface area (Å²) in [7, 11) is 0. The highest BCUT2D eigenvalue weighted by molar-refractivity contribution is 7.15. The molecule has 1 fully saturated rings. The Hall–Kier alpha value is -1.36. The standard InChI is InChI=1S/C13H17N3OS/c1-2-10-3-5-15(6-4-10)12-11(9-17)16-7-8-18-13(16)14-12/h7-10H,2-6H2,1H3. The van der Waals surface area contributed by atoms with Crippen molar-refractivity contribution >= 4 is 28.4 Å². The Morgan fingerprint density at radius 1 is 1.50 bits per heavy atom. The van der Waals surface area contributed by atoms with Crippen molar-refractivity contribution < 1.29 is 4.79 Å². The highest BCUT2D eigenvalue weighted by Crippen LogP contribution is 2.28. The summed E-state index contributed by atoms with van der Waals surface area (Å²) in [6.45, 7) is 4.29. The van der Waals surface area contributed by atoms with Crippen molar-refractivity contribution in [2.75, 3.05) is 18.0 Å². The number of imidazole rings is 1. The van der Waals surface area contributed by atoms with Crippen LogP contribution in [-0.4, -0.2) is 28.8 Å². The molecule has 0 aromatic carbocycles. The van der Waals surface area contributed by atoms with Crippen molar-refractivity contribution in [3.8, 4) is 0 Å². The average Bonchev–Trinajstić information content (AvgIpc) is 2.98. The van der Waals surface area contributed by atoms with Gasteiger partial charge in [-0.15, -0.1) is 11.3 Å². The molecule has 18 heavy (non-hydrogen) atoms. The molecule has 96 valence electrons. The third kappa shape index (κ3) is 1.82. The van der Waals surface area contributed by atoms with Crippen molar-refractivity contribution in [3.05, 3.63) is 17.3 Å². The summed E-state index contributed by atoms with van der Waals surface area (Å²) in [5.74, 6) is 1.70. The third-order valence-corrected chi connectivity index (χ3v) is 4.64. The van der Waals surface area contributed by atoms with Gasteiger partial charge in [0.1, 0.15) is 5.69 Å². The fraction of sp³-hybridized carbons (Fsp3) is 0.538. The Morgan fingerprint density at radius 2 is 2.28 bits per heavy atom. The van der Waals surface area contributed by atoms with Crippen LogP contribution in [0.5, 0.6) is 0 Å². The Kier molecular flexibility index (Phi) is 3.07. The molecule has 0 bridgehead atoms. The monoisotopic (exact) mass is 263 g/mol. The van der Waals surface area contributed by atoms with E-state index in [0.29, 0.717) is 5.69 Å². The first-order valence-electron chi connectivity index (χ1n) is 6.49. The topological polar surface area (TPSA) is 37.6 Å². The van der Waals surface area contributed by atoms with Gasteiger partial charge in [-0.2, -0.15) is 0 Å². The second-order valence-electron chi connectivity index (χ2n) is 4.83. The molecule has 2 aromatic rings. The smallest absolute Gasteiger partial charge is 0.196 e. The number of hydrogen-bond acceptors (Lipinski definition) is 4. The number of carbonyl (C=O) groups is 1. The molecule has 4 nitrogen and oxygen atoms in total. The lowest BCUT2D eigenvalue weighted by molar-refractivity contribution is 0.111. The molecule has 3 heterocycles. The molecule has 1 aliphatic rings. The highest BCUT2D eigenvalue weighted by atomic mass is 32.1. The van der Waals surface area contributed by atoms with Gasteiger partial charge in [-0.25, -0.2) is 4.98 Å². The summed E-state index contributed by atoms with van der Waals surface area (Å²) in [5, 5.41) is 1.96. The van der Waals surface area contributed by atoms with Gasteiger partial charge in [-0.1, -0.05) is 13.3 Å². The number of piperidine rings is 1. The number of hydrogen-bond donors (Lipinski definition) is 0. The lowest BCUT2D eigenvalue weighted by Crippen LogP contribution is -2.34. The fourth-order valence-electron chi connectivity index (χ4n) is 2.69. The Labute approximate surface area is 110 Å². The molecule has 0 spiro atoms. The van der Waals surface area contributed by atoms with Gasteiger partial charge in [0.2, 0.25) is 0 Å². The summed E-state index contributed by atoms with van der Waals surface area (Å²) in [6, 6.07) is 0. The van der Waals surface area contributed by atoms with Crippen molar-refractivity contribution in [1.82, 2.24) is 9.38 Å². The summed E-state index contributed by atoms with van der Waals surface area (Å²) in [6.07, 6.45) is 6.51. The van der Waals surface area contributed by atoms with E-state index in [2.05, 4.69) is 16.8 Å². The van der Waals surface area contributed by atoms with Gasteiger partial charge in [-0.05, 0) is 18.8 Å². The Morgan fingerprint density at radius 3 is 2.94 bits per heavy atom. The van der Waals surface area contributed by atoms with Crippen LogP contribution < -0.4 is 4.90 Å². The Balaban J connectivity index is 1.90. The van der Waals surface area contributed by atoms with E-state index in [1.54, 1.807) is 11.3 Å². The number of aromatic nitrogens is 2. The minimum atomic E-state index is 0.696. The van der Waals surface area contributed by atoms with Gasteiger partial charge in [0.05, 0.1) is 0 Å². The zero-order valence-electron chi connectivity index (χ0n) is 10.5. The van der Waals surface area contributed by atoms with E-state index < -0.39 is 0 Å². The van der Waals surface area contributed by atoms with Crippen molar-refractivity contribution in [3.63, 3.8) is 0 Å². The lowest BCUT2D eigenvalue weighted by Gasteiger charge is -2.31. The molecular weight excluding hydrogens is 246 g/mol. The second kappa shape index (κ2) is 4.72. The first-order valence-corrected chi connectivity index (χ1v) is 7.37. The zero-order chi connectivity index (χ0) is 12.5. The van der Waals surface area contributed by atoms with Gasteiger partial charge in [0.25, 0.3) is 0 Å². The minimum absolute atomic E-state index is 0.696. The largest absolute Gasteiger partial charge is 0.355 e. The highest BCUT2D eigenvalue weighted by Gasteiger charge is 2.23. The van der Waals surface area contributed by atoms with Crippen LogP contribution >= 0.6 is 11.3 Å². The quantitative estimate of drug-likeness (QED) is 0.799. The molecular formula is C13H17N3OS. The normalized spacial score (nSPS) is 17.5. The Bertz CT molecular complexity index is 552. The van der Waals surface area contributed by atoms with Crippen LogP contribution in [0.15, 0.2) is 11.6 Å². The van der Waals surface area contributed by atoms with Crippen LogP contribution in [-0.2, 0) is 0 Å². The van der Waals surface area contributed by atoms with Gasteiger partial charge >= 0.3 is 0 Å². The molecule has 0 aliphatic carbocycles. The number of nitrogens with zero attached hydrogens (tertiary/aromatic N) is 3. The SMILES string of the molecule is CCC1CCN(c2nc3sccn3c2C=O)CC1. The summed E-state index contributed by atoms with van der Waals surface area (Å²) < 4.78 is 1.89. The predicted octanol–water partition coefficient (Wildman–Crippen LogP) is 2.83. The maximum atomic E-state index is 11.3. The van der Waals surface area contributed by atoms with Gasteiger partial charge < -0.3 is 4.90 Å². The number of rotatable bonds is 3. The van der Waals surface area contributed by atoms with E-state index >= 15 is 0 Å². The number of carbonyl (C=O) groups excluding carboxylic acids is 1. The number of thiazole rings is 1. The second-order valence-corrected chi connectivity index (χ2v) is 5.71. The van der Waals surface area contributed by atoms with Gasteiger partial charge in [0, 0.05) is 24.7 Å². The first kappa shape index (κ1) is 11.7. The fourth-order valence-corrected chi connectivity index (χ4v) is 3.40. The predicted molar refractivity (Wildman–Crippen MR) is 73.7 cm³/mol.